The first-order chi connectivity index (χ1) is 14.8. The molecule has 4 fully saturated rings. The SMILES string of the molecule is COc1cccc(NC(=O)[C@@H](C)OC(=O)[C@@H](C)NC(=O)C23CC4CC(CC(C4)C2)C3)c1. The van der Waals surface area contributed by atoms with Crippen LogP contribution in [0.2, 0.25) is 0 Å². The van der Waals surface area contributed by atoms with Crippen LogP contribution in [0.5, 0.6) is 5.75 Å². The van der Waals surface area contributed by atoms with Crippen molar-refractivity contribution in [2.24, 2.45) is 23.2 Å². The summed E-state index contributed by atoms with van der Waals surface area (Å²) >= 11 is 0. The minimum Gasteiger partial charge on any atom is -0.497 e. The van der Waals surface area contributed by atoms with Crippen molar-refractivity contribution in [1.29, 1.82) is 0 Å². The van der Waals surface area contributed by atoms with Crippen molar-refractivity contribution >= 4 is 23.5 Å². The smallest absolute Gasteiger partial charge is 0.329 e. The molecule has 0 unspecified atom stereocenters. The molecule has 0 spiro atoms. The lowest BCUT2D eigenvalue weighted by atomic mass is 9.49. The van der Waals surface area contributed by atoms with Gasteiger partial charge >= 0.3 is 5.97 Å². The number of hydrogen-bond acceptors (Lipinski definition) is 5. The van der Waals surface area contributed by atoms with E-state index in [1.165, 1.54) is 26.2 Å². The molecule has 2 amide bonds. The highest BCUT2D eigenvalue weighted by atomic mass is 16.5. The van der Waals surface area contributed by atoms with Gasteiger partial charge in [0.2, 0.25) is 5.91 Å². The number of nitrogens with one attached hydrogen (secondary N) is 2. The monoisotopic (exact) mass is 428 g/mol. The van der Waals surface area contributed by atoms with Gasteiger partial charge in [0.15, 0.2) is 6.10 Å². The third kappa shape index (κ3) is 4.55. The number of anilines is 1. The Morgan fingerprint density at radius 1 is 1.03 bits per heavy atom. The molecular formula is C24H32N2O5. The Morgan fingerprint density at radius 3 is 2.23 bits per heavy atom. The molecule has 0 aromatic heterocycles. The largest absolute Gasteiger partial charge is 0.497 e. The fourth-order valence-corrected chi connectivity index (χ4v) is 6.07. The molecule has 0 radical (unpaired) electrons. The Kier molecular flexibility index (Phi) is 5.95. The summed E-state index contributed by atoms with van der Waals surface area (Å²) in [6, 6.07) is 6.14. The first-order valence-corrected chi connectivity index (χ1v) is 11.2. The van der Waals surface area contributed by atoms with Crippen molar-refractivity contribution in [3.8, 4) is 5.75 Å². The third-order valence-electron chi connectivity index (χ3n) is 7.22. The van der Waals surface area contributed by atoms with Crippen LogP contribution in [0, 0.1) is 23.2 Å². The van der Waals surface area contributed by atoms with Gasteiger partial charge in [0.05, 0.1) is 7.11 Å². The molecule has 7 heteroatoms. The van der Waals surface area contributed by atoms with E-state index in [-0.39, 0.29) is 11.3 Å². The maximum Gasteiger partial charge on any atom is 0.329 e. The Balaban J connectivity index is 1.30. The summed E-state index contributed by atoms with van der Waals surface area (Å²) in [5, 5.41) is 5.59. The minimum absolute atomic E-state index is 0.0236. The number of ether oxygens (including phenoxy) is 2. The summed E-state index contributed by atoms with van der Waals surface area (Å²) in [5.41, 5.74) is 0.231. The summed E-state index contributed by atoms with van der Waals surface area (Å²) in [6.45, 7) is 3.13. The number of benzene rings is 1. The standard InChI is InChI=1S/C24H32N2O5/c1-14(25-23(29)24-11-16-7-17(12-24)9-18(8-16)13-24)22(28)31-15(2)21(27)26-19-5-4-6-20(10-19)30-3/h4-6,10,14-18H,7-9,11-13H2,1-3H3,(H,25,29)(H,26,27)/t14-,15-,16?,17?,18?,24?/m1/s1. The number of amides is 2. The van der Waals surface area contributed by atoms with E-state index in [4.69, 9.17) is 9.47 Å². The van der Waals surface area contributed by atoms with E-state index in [2.05, 4.69) is 10.6 Å². The van der Waals surface area contributed by atoms with Crippen molar-refractivity contribution in [3.05, 3.63) is 24.3 Å². The van der Waals surface area contributed by atoms with Crippen molar-refractivity contribution in [1.82, 2.24) is 5.32 Å². The quantitative estimate of drug-likeness (QED) is 0.650. The Bertz CT molecular complexity index is 832. The van der Waals surface area contributed by atoms with Crippen LogP contribution >= 0.6 is 0 Å². The summed E-state index contributed by atoms with van der Waals surface area (Å²) in [7, 11) is 1.55. The molecule has 1 aromatic carbocycles. The van der Waals surface area contributed by atoms with Gasteiger partial charge in [-0.1, -0.05) is 6.07 Å². The first-order valence-electron chi connectivity index (χ1n) is 11.2. The highest BCUT2D eigenvalue weighted by molar-refractivity contribution is 5.96. The van der Waals surface area contributed by atoms with Gasteiger partial charge in [-0.15, -0.1) is 0 Å². The minimum atomic E-state index is -0.988. The molecule has 1 aromatic rings. The molecule has 4 aliphatic carbocycles. The van der Waals surface area contributed by atoms with Crippen LogP contribution in [-0.2, 0) is 19.1 Å². The highest BCUT2D eigenvalue weighted by Crippen LogP contribution is 2.60. The van der Waals surface area contributed by atoms with Crippen molar-refractivity contribution in [3.63, 3.8) is 0 Å². The van der Waals surface area contributed by atoms with Gasteiger partial charge in [-0.05, 0) is 82.3 Å². The molecule has 0 heterocycles. The van der Waals surface area contributed by atoms with Gasteiger partial charge in [0, 0.05) is 17.2 Å². The van der Waals surface area contributed by atoms with Gasteiger partial charge in [0.25, 0.3) is 5.91 Å². The fourth-order valence-electron chi connectivity index (χ4n) is 6.07. The van der Waals surface area contributed by atoms with Crippen LogP contribution in [0.25, 0.3) is 0 Å². The molecule has 0 aliphatic heterocycles. The number of esters is 1. The van der Waals surface area contributed by atoms with E-state index >= 15 is 0 Å². The normalized spacial score (nSPS) is 30.2. The van der Waals surface area contributed by atoms with Crippen LogP contribution < -0.4 is 15.4 Å². The van der Waals surface area contributed by atoms with E-state index in [1.54, 1.807) is 38.3 Å². The van der Waals surface area contributed by atoms with E-state index in [9.17, 15) is 14.4 Å². The second-order valence-corrected chi connectivity index (χ2v) is 9.69. The first kappa shape index (κ1) is 21.7. The Hall–Kier alpha value is -2.57. The maximum atomic E-state index is 13.1. The lowest BCUT2D eigenvalue weighted by Gasteiger charge is -2.55. The zero-order valence-electron chi connectivity index (χ0n) is 18.5. The number of hydrogen-bond donors (Lipinski definition) is 2. The van der Waals surface area contributed by atoms with Gasteiger partial charge in [-0.25, -0.2) is 4.79 Å². The van der Waals surface area contributed by atoms with Crippen molar-refractivity contribution < 1.29 is 23.9 Å². The number of methoxy groups -OCH3 is 1. The third-order valence-corrected chi connectivity index (χ3v) is 7.22. The molecule has 4 bridgehead atoms. The average molecular weight is 429 g/mol. The highest BCUT2D eigenvalue weighted by Gasteiger charge is 2.54. The molecule has 2 atom stereocenters. The molecule has 7 nitrogen and oxygen atoms in total. The molecule has 4 saturated carbocycles. The molecule has 5 rings (SSSR count). The van der Waals surface area contributed by atoms with Crippen LogP contribution in [0.1, 0.15) is 52.4 Å². The molecular weight excluding hydrogens is 396 g/mol. The second kappa shape index (κ2) is 8.52. The van der Waals surface area contributed by atoms with Gasteiger partial charge in [0.1, 0.15) is 11.8 Å². The predicted molar refractivity (Wildman–Crippen MR) is 115 cm³/mol. The number of rotatable bonds is 7. The number of carbonyl (C=O) groups is 3. The molecule has 31 heavy (non-hydrogen) atoms. The molecule has 4 aliphatic rings. The summed E-state index contributed by atoms with van der Waals surface area (Å²) in [4.78, 5) is 38.1. The maximum absolute atomic E-state index is 13.1. The predicted octanol–water partition coefficient (Wildman–Crippen LogP) is 3.29. The van der Waals surface area contributed by atoms with E-state index in [0.717, 1.165) is 19.3 Å². The average Bonchev–Trinajstić information content (AvgIpc) is 2.72. The molecule has 0 saturated heterocycles. The Labute approximate surface area is 183 Å². The van der Waals surface area contributed by atoms with Gasteiger partial charge in [-0.2, -0.15) is 0 Å². The van der Waals surface area contributed by atoms with E-state index < -0.39 is 24.0 Å². The van der Waals surface area contributed by atoms with Crippen LogP contribution in [-0.4, -0.2) is 37.0 Å². The van der Waals surface area contributed by atoms with Crippen LogP contribution in [0.15, 0.2) is 24.3 Å². The van der Waals surface area contributed by atoms with Crippen LogP contribution in [0.4, 0.5) is 5.69 Å². The summed E-state index contributed by atoms with van der Waals surface area (Å²) < 4.78 is 10.5. The molecule has 2 N–H and O–H groups in total. The Morgan fingerprint density at radius 2 is 1.65 bits per heavy atom. The lowest BCUT2D eigenvalue weighted by molar-refractivity contribution is -0.158. The zero-order chi connectivity index (χ0) is 22.2. The summed E-state index contributed by atoms with van der Waals surface area (Å²) in [6.07, 6.45) is 5.58. The van der Waals surface area contributed by atoms with E-state index in [1.807, 2.05) is 0 Å². The molecule has 168 valence electrons. The second-order valence-electron chi connectivity index (χ2n) is 9.69. The summed E-state index contributed by atoms with van der Waals surface area (Å²) in [5.74, 6) is 1.50. The van der Waals surface area contributed by atoms with Crippen molar-refractivity contribution in [2.75, 3.05) is 12.4 Å². The van der Waals surface area contributed by atoms with E-state index in [0.29, 0.717) is 29.2 Å². The lowest BCUT2D eigenvalue weighted by Crippen LogP contribution is -2.56. The van der Waals surface area contributed by atoms with Gasteiger partial charge in [-0.3, -0.25) is 9.59 Å². The van der Waals surface area contributed by atoms with Gasteiger partial charge < -0.3 is 20.1 Å². The topological polar surface area (TPSA) is 93.7 Å². The fraction of sp³-hybridized carbons (Fsp3) is 0.625. The van der Waals surface area contributed by atoms with Crippen molar-refractivity contribution in [2.45, 2.75) is 64.5 Å². The number of carbonyl (C=O) groups excluding carboxylic acids is 3. The van der Waals surface area contributed by atoms with Crippen LogP contribution in [0.3, 0.4) is 0 Å². The zero-order valence-corrected chi connectivity index (χ0v) is 18.5.